The number of aldehydes is 1. The van der Waals surface area contributed by atoms with Crippen LogP contribution in [-0.4, -0.2) is 20.5 Å². The summed E-state index contributed by atoms with van der Waals surface area (Å²) >= 11 is 0. The van der Waals surface area contributed by atoms with Crippen LogP contribution in [0.2, 0.25) is 0 Å². The third-order valence-corrected chi connectivity index (χ3v) is 2.68. The van der Waals surface area contributed by atoms with E-state index in [1.165, 1.54) is 32.4 Å². The molecule has 2 aromatic carbocycles. The van der Waals surface area contributed by atoms with Crippen molar-refractivity contribution < 1.29 is 23.4 Å². The summed E-state index contributed by atoms with van der Waals surface area (Å²) in [4.78, 5) is 10.9. The van der Waals surface area contributed by atoms with Gasteiger partial charge in [-0.15, -0.1) is 0 Å². The Bertz CT molecular complexity index is 603. The van der Waals surface area contributed by atoms with Gasteiger partial charge in [0.15, 0.2) is 6.29 Å². The standard InChI is InChI=1S/C15H13FO4/c1-18-10-6-11(19-2)8-12(7-10)20-15-5-3-4-14(16)13(15)9-17/h3-9H,1-2H3. The van der Waals surface area contributed by atoms with Crippen LogP contribution in [0.1, 0.15) is 10.4 Å². The van der Waals surface area contributed by atoms with Crippen LogP contribution in [0.15, 0.2) is 36.4 Å². The lowest BCUT2D eigenvalue weighted by molar-refractivity contribution is 0.111. The molecule has 0 unspecified atom stereocenters. The van der Waals surface area contributed by atoms with Gasteiger partial charge in [0.25, 0.3) is 0 Å². The molecule has 0 N–H and O–H groups in total. The molecular formula is C15H13FO4. The molecule has 0 amide bonds. The molecule has 0 saturated carbocycles. The Morgan fingerprint density at radius 1 is 1.00 bits per heavy atom. The normalized spacial score (nSPS) is 9.95. The summed E-state index contributed by atoms with van der Waals surface area (Å²) < 4.78 is 29.2. The smallest absolute Gasteiger partial charge is 0.156 e. The number of hydrogen-bond donors (Lipinski definition) is 0. The fourth-order valence-corrected chi connectivity index (χ4v) is 1.69. The number of methoxy groups -OCH3 is 2. The minimum absolute atomic E-state index is 0.130. The van der Waals surface area contributed by atoms with Crippen molar-refractivity contribution in [1.82, 2.24) is 0 Å². The first-order valence-corrected chi connectivity index (χ1v) is 5.82. The molecule has 4 nitrogen and oxygen atoms in total. The van der Waals surface area contributed by atoms with Crippen LogP contribution in [0.5, 0.6) is 23.0 Å². The van der Waals surface area contributed by atoms with Crippen LogP contribution in [0, 0.1) is 5.82 Å². The summed E-state index contributed by atoms with van der Waals surface area (Å²) in [5, 5.41) is 0. The molecule has 0 aliphatic carbocycles. The second kappa shape index (κ2) is 6.06. The summed E-state index contributed by atoms with van der Waals surface area (Å²) in [6, 6.07) is 9.08. The van der Waals surface area contributed by atoms with E-state index in [2.05, 4.69) is 0 Å². The first kappa shape index (κ1) is 13.9. The SMILES string of the molecule is COc1cc(OC)cc(Oc2cccc(F)c2C=O)c1. The lowest BCUT2D eigenvalue weighted by atomic mass is 10.2. The van der Waals surface area contributed by atoms with E-state index in [1.54, 1.807) is 18.2 Å². The lowest BCUT2D eigenvalue weighted by Crippen LogP contribution is -1.95. The summed E-state index contributed by atoms with van der Waals surface area (Å²) in [5.74, 6) is 0.948. The second-order valence-electron chi connectivity index (χ2n) is 3.92. The molecule has 0 aliphatic heterocycles. The summed E-state index contributed by atoms with van der Waals surface area (Å²) in [7, 11) is 3.02. The Hall–Kier alpha value is -2.56. The van der Waals surface area contributed by atoms with Gasteiger partial charge in [-0.05, 0) is 12.1 Å². The van der Waals surface area contributed by atoms with E-state index >= 15 is 0 Å². The van der Waals surface area contributed by atoms with Crippen molar-refractivity contribution in [2.45, 2.75) is 0 Å². The van der Waals surface area contributed by atoms with Crippen molar-refractivity contribution in [1.29, 1.82) is 0 Å². The first-order valence-electron chi connectivity index (χ1n) is 5.82. The summed E-state index contributed by atoms with van der Waals surface area (Å²) in [5.41, 5.74) is -0.130. The van der Waals surface area contributed by atoms with Gasteiger partial charge in [0.2, 0.25) is 0 Å². The van der Waals surface area contributed by atoms with Crippen LogP contribution in [0.25, 0.3) is 0 Å². The van der Waals surface area contributed by atoms with Gasteiger partial charge in [-0.2, -0.15) is 0 Å². The van der Waals surface area contributed by atoms with Crippen LogP contribution >= 0.6 is 0 Å². The molecule has 20 heavy (non-hydrogen) atoms. The molecule has 0 spiro atoms. The van der Waals surface area contributed by atoms with E-state index in [9.17, 15) is 9.18 Å². The number of hydrogen-bond acceptors (Lipinski definition) is 4. The molecule has 2 aromatic rings. The van der Waals surface area contributed by atoms with E-state index in [0.29, 0.717) is 23.5 Å². The van der Waals surface area contributed by atoms with Gasteiger partial charge in [-0.25, -0.2) is 4.39 Å². The molecule has 0 bridgehead atoms. The molecule has 0 heterocycles. The average Bonchev–Trinajstić information content (AvgIpc) is 2.47. The molecule has 0 aromatic heterocycles. The average molecular weight is 276 g/mol. The van der Waals surface area contributed by atoms with Gasteiger partial charge < -0.3 is 14.2 Å². The Kier molecular flexibility index (Phi) is 4.20. The highest BCUT2D eigenvalue weighted by molar-refractivity contribution is 5.79. The van der Waals surface area contributed by atoms with E-state index < -0.39 is 5.82 Å². The van der Waals surface area contributed by atoms with Crippen LogP contribution in [-0.2, 0) is 0 Å². The van der Waals surface area contributed by atoms with Gasteiger partial charge in [-0.3, -0.25) is 4.79 Å². The predicted molar refractivity (Wildman–Crippen MR) is 71.4 cm³/mol. The molecule has 0 atom stereocenters. The molecule has 5 heteroatoms. The molecule has 0 aliphatic rings. The molecule has 0 saturated heterocycles. The fraction of sp³-hybridized carbons (Fsp3) is 0.133. The van der Waals surface area contributed by atoms with Gasteiger partial charge in [0, 0.05) is 18.2 Å². The first-order chi connectivity index (χ1) is 9.67. The van der Waals surface area contributed by atoms with E-state index in [4.69, 9.17) is 14.2 Å². The maximum absolute atomic E-state index is 13.5. The van der Waals surface area contributed by atoms with Crippen molar-refractivity contribution in [3.8, 4) is 23.0 Å². The van der Waals surface area contributed by atoms with E-state index in [1.807, 2.05) is 0 Å². The van der Waals surface area contributed by atoms with Crippen molar-refractivity contribution in [3.05, 3.63) is 47.8 Å². The topological polar surface area (TPSA) is 44.8 Å². The Balaban J connectivity index is 2.39. The highest BCUT2D eigenvalue weighted by Crippen LogP contribution is 2.32. The highest BCUT2D eigenvalue weighted by Gasteiger charge is 2.11. The van der Waals surface area contributed by atoms with Crippen molar-refractivity contribution in [3.63, 3.8) is 0 Å². The number of carbonyl (C=O) groups excluding carboxylic acids is 1. The Morgan fingerprint density at radius 2 is 1.60 bits per heavy atom. The van der Waals surface area contributed by atoms with Crippen molar-refractivity contribution in [2.24, 2.45) is 0 Å². The number of ether oxygens (including phenoxy) is 3. The zero-order valence-electron chi connectivity index (χ0n) is 11.1. The quantitative estimate of drug-likeness (QED) is 0.785. The fourth-order valence-electron chi connectivity index (χ4n) is 1.69. The zero-order chi connectivity index (χ0) is 14.5. The Morgan fingerprint density at radius 3 is 2.15 bits per heavy atom. The maximum atomic E-state index is 13.5. The Labute approximate surface area is 115 Å². The van der Waals surface area contributed by atoms with Crippen LogP contribution in [0.3, 0.4) is 0 Å². The van der Waals surface area contributed by atoms with Crippen LogP contribution in [0.4, 0.5) is 4.39 Å². The molecular weight excluding hydrogens is 263 g/mol. The second-order valence-corrected chi connectivity index (χ2v) is 3.92. The lowest BCUT2D eigenvalue weighted by Gasteiger charge is -2.11. The molecule has 2 rings (SSSR count). The van der Waals surface area contributed by atoms with Gasteiger partial charge >= 0.3 is 0 Å². The summed E-state index contributed by atoms with van der Waals surface area (Å²) in [6.45, 7) is 0. The largest absolute Gasteiger partial charge is 0.496 e. The number of rotatable bonds is 5. The van der Waals surface area contributed by atoms with Crippen LogP contribution < -0.4 is 14.2 Å². The minimum Gasteiger partial charge on any atom is -0.496 e. The molecule has 0 radical (unpaired) electrons. The number of benzene rings is 2. The van der Waals surface area contributed by atoms with E-state index in [-0.39, 0.29) is 11.3 Å². The number of carbonyl (C=O) groups is 1. The van der Waals surface area contributed by atoms with Crippen molar-refractivity contribution in [2.75, 3.05) is 14.2 Å². The monoisotopic (exact) mass is 276 g/mol. The molecule has 104 valence electrons. The van der Waals surface area contributed by atoms with Crippen molar-refractivity contribution >= 4 is 6.29 Å². The zero-order valence-corrected chi connectivity index (χ0v) is 11.1. The molecule has 0 fully saturated rings. The van der Waals surface area contributed by atoms with E-state index in [0.717, 1.165) is 0 Å². The van der Waals surface area contributed by atoms with Gasteiger partial charge in [0.05, 0.1) is 19.8 Å². The highest BCUT2D eigenvalue weighted by atomic mass is 19.1. The van der Waals surface area contributed by atoms with Gasteiger partial charge in [-0.1, -0.05) is 6.07 Å². The minimum atomic E-state index is -0.632. The summed E-state index contributed by atoms with van der Waals surface area (Å²) in [6.07, 6.45) is 0.419. The number of halogens is 1. The third-order valence-electron chi connectivity index (χ3n) is 2.68. The van der Waals surface area contributed by atoms with Gasteiger partial charge in [0.1, 0.15) is 28.8 Å². The third kappa shape index (κ3) is 2.88. The predicted octanol–water partition coefficient (Wildman–Crippen LogP) is 3.45. The maximum Gasteiger partial charge on any atom is 0.156 e.